The maximum Gasteiger partial charge on any atom is 0.262 e. The first-order chi connectivity index (χ1) is 14.6. The third-order valence-corrected chi connectivity index (χ3v) is 8.28. The van der Waals surface area contributed by atoms with E-state index in [0.29, 0.717) is 31.1 Å². The molecule has 2 rings (SSSR count). The van der Waals surface area contributed by atoms with Crippen LogP contribution in [-0.4, -0.2) is 47.9 Å². The molecule has 2 N–H and O–H groups in total. The fourth-order valence-electron chi connectivity index (χ4n) is 2.91. The van der Waals surface area contributed by atoms with Gasteiger partial charge >= 0.3 is 0 Å². The van der Waals surface area contributed by atoms with Crippen molar-refractivity contribution in [2.24, 2.45) is 0 Å². The summed E-state index contributed by atoms with van der Waals surface area (Å²) in [5, 5.41) is 3.27. The first-order valence-electron chi connectivity index (χ1n) is 9.85. The molecule has 0 amide bonds. The molecule has 11 heteroatoms. The number of ether oxygens (including phenoxy) is 1. The average molecular weight is 490 g/mol. The Balaban J connectivity index is 2.52. The van der Waals surface area contributed by atoms with Gasteiger partial charge in [0.05, 0.1) is 33.3 Å². The lowest BCUT2D eigenvalue weighted by molar-refractivity contribution is 0.414. The van der Waals surface area contributed by atoms with Gasteiger partial charge in [0.15, 0.2) is 0 Å². The number of benzene rings is 2. The van der Waals surface area contributed by atoms with Gasteiger partial charge in [-0.3, -0.25) is 4.72 Å². The van der Waals surface area contributed by atoms with Gasteiger partial charge in [-0.1, -0.05) is 32.4 Å². The van der Waals surface area contributed by atoms with Crippen LogP contribution in [0.25, 0.3) is 0 Å². The fourth-order valence-corrected chi connectivity index (χ4v) is 5.82. The lowest BCUT2D eigenvalue weighted by Gasteiger charge is -2.20. The number of anilines is 2. The van der Waals surface area contributed by atoms with Crippen LogP contribution >= 0.6 is 11.6 Å². The van der Waals surface area contributed by atoms with Crippen molar-refractivity contribution in [3.63, 3.8) is 0 Å². The summed E-state index contributed by atoms with van der Waals surface area (Å²) >= 11 is 6.08. The summed E-state index contributed by atoms with van der Waals surface area (Å²) in [6.07, 6.45) is 0.805. The van der Waals surface area contributed by atoms with E-state index < -0.39 is 20.0 Å². The monoisotopic (exact) mass is 489 g/mol. The van der Waals surface area contributed by atoms with E-state index in [1.165, 1.54) is 41.7 Å². The van der Waals surface area contributed by atoms with Crippen molar-refractivity contribution in [3.05, 3.63) is 41.4 Å². The van der Waals surface area contributed by atoms with Crippen molar-refractivity contribution in [1.82, 2.24) is 4.31 Å². The smallest absolute Gasteiger partial charge is 0.262 e. The van der Waals surface area contributed by atoms with Crippen LogP contribution in [-0.2, 0) is 20.0 Å². The molecule has 31 heavy (non-hydrogen) atoms. The Labute approximate surface area is 189 Å². The van der Waals surface area contributed by atoms with E-state index in [1.807, 2.05) is 6.92 Å². The van der Waals surface area contributed by atoms with Crippen molar-refractivity contribution < 1.29 is 21.6 Å². The van der Waals surface area contributed by atoms with Gasteiger partial charge in [0.25, 0.3) is 10.0 Å². The molecule has 0 aliphatic heterocycles. The average Bonchev–Trinajstić information content (AvgIpc) is 2.73. The molecule has 2 aromatic carbocycles. The van der Waals surface area contributed by atoms with E-state index in [9.17, 15) is 16.8 Å². The van der Waals surface area contributed by atoms with Crippen LogP contribution < -0.4 is 14.8 Å². The van der Waals surface area contributed by atoms with Gasteiger partial charge in [-0.2, -0.15) is 4.31 Å². The first kappa shape index (κ1) is 25.3. The van der Waals surface area contributed by atoms with Crippen LogP contribution in [0.3, 0.4) is 0 Å². The number of rotatable bonds is 11. The van der Waals surface area contributed by atoms with Crippen LogP contribution in [0.15, 0.2) is 46.2 Å². The molecule has 0 radical (unpaired) electrons. The molecule has 8 nitrogen and oxygen atoms in total. The molecule has 2 aromatic rings. The molecule has 172 valence electrons. The fraction of sp³-hybridized carbons (Fsp3) is 0.400. The maximum atomic E-state index is 13.0. The van der Waals surface area contributed by atoms with Crippen molar-refractivity contribution in [2.45, 2.75) is 37.0 Å². The van der Waals surface area contributed by atoms with E-state index in [4.69, 9.17) is 16.3 Å². The molecule has 0 aromatic heterocycles. The Hall–Kier alpha value is -2.01. The summed E-state index contributed by atoms with van der Waals surface area (Å²) in [6.45, 7) is 6.66. The molecule has 0 aliphatic carbocycles. The molecule has 0 bridgehead atoms. The van der Waals surface area contributed by atoms with Gasteiger partial charge in [-0.15, -0.1) is 0 Å². The number of methoxy groups -OCH3 is 1. The molecular formula is C20H28ClN3O5S2. The number of nitrogens with zero attached hydrogens (tertiary/aromatic N) is 1. The Morgan fingerprint density at radius 3 is 2.13 bits per heavy atom. The van der Waals surface area contributed by atoms with Gasteiger partial charge in [0.2, 0.25) is 10.0 Å². The quantitative estimate of drug-likeness (QED) is 0.494. The molecule has 0 heterocycles. The molecule has 0 atom stereocenters. The largest absolute Gasteiger partial charge is 0.495 e. The minimum absolute atomic E-state index is 0.00344. The normalized spacial score (nSPS) is 12.1. The zero-order valence-corrected chi connectivity index (χ0v) is 20.4. The van der Waals surface area contributed by atoms with Crippen molar-refractivity contribution in [2.75, 3.05) is 36.8 Å². The molecule has 0 fully saturated rings. The zero-order valence-electron chi connectivity index (χ0n) is 18.0. The molecule has 0 unspecified atom stereocenters. The van der Waals surface area contributed by atoms with Crippen molar-refractivity contribution in [3.8, 4) is 5.75 Å². The van der Waals surface area contributed by atoms with Crippen LogP contribution in [0, 0.1) is 0 Å². The highest BCUT2D eigenvalue weighted by Crippen LogP contribution is 2.31. The third-order valence-electron chi connectivity index (χ3n) is 4.58. The number of hydrogen-bond acceptors (Lipinski definition) is 6. The summed E-state index contributed by atoms with van der Waals surface area (Å²) in [5.41, 5.74) is 0.608. The Morgan fingerprint density at radius 2 is 1.58 bits per heavy atom. The van der Waals surface area contributed by atoms with Crippen LogP contribution in [0.5, 0.6) is 5.75 Å². The van der Waals surface area contributed by atoms with E-state index in [0.717, 1.165) is 6.42 Å². The standard InChI is InChI=1S/C20H28ClN3O5S2/c1-5-12-22-18-10-8-16(31(27,28)24(6-2)7-3)14-19(18)23-30(25,26)15-9-11-20(29-4)17(21)13-15/h8-11,13-14,22-23H,5-7,12H2,1-4H3. The Kier molecular flexibility index (Phi) is 8.58. The third kappa shape index (κ3) is 5.82. The second-order valence-electron chi connectivity index (χ2n) is 6.63. The Bertz CT molecular complexity index is 1120. The van der Waals surface area contributed by atoms with Crippen LogP contribution in [0.4, 0.5) is 11.4 Å². The second kappa shape index (κ2) is 10.5. The van der Waals surface area contributed by atoms with Gasteiger partial charge in [-0.05, 0) is 42.8 Å². The molecule has 0 aliphatic rings. The predicted octanol–water partition coefficient (Wildman–Crippen LogP) is 4.00. The molecule has 0 saturated carbocycles. The summed E-state index contributed by atoms with van der Waals surface area (Å²) < 4.78 is 60.7. The number of hydrogen-bond donors (Lipinski definition) is 2. The minimum atomic E-state index is -4.04. The highest BCUT2D eigenvalue weighted by molar-refractivity contribution is 7.92. The van der Waals surface area contributed by atoms with Gasteiger partial charge in [-0.25, -0.2) is 16.8 Å². The van der Waals surface area contributed by atoms with Gasteiger partial charge in [0, 0.05) is 19.6 Å². The maximum absolute atomic E-state index is 13.0. The number of sulfonamides is 2. The predicted molar refractivity (Wildman–Crippen MR) is 124 cm³/mol. The Morgan fingerprint density at radius 1 is 0.935 bits per heavy atom. The van der Waals surface area contributed by atoms with E-state index in [-0.39, 0.29) is 20.5 Å². The van der Waals surface area contributed by atoms with E-state index >= 15 is 0 Å². The lowest BCUT2D eigenvalue weighted by Crippen LogP contribution is -2.30. The molecule has 0 saturated heterocycles. The second-order valence-corrected chi connectivity index (χ2v) is 10.7. The highest BCUT2D eigenvalue weighted by Gasteiger charge is 2.24. The SMILES string of the molecule is CCCNc1ccc(S(=O)(=O)N(CC)CC)cc1NS(=O)(=O)c1ccc(OC)c(Cl)c1. The van der Waals surface area contributed by atoms with Crippen LogP contribution in [0.2, 0.25) is 5.02 Å². The minimum Gasteiger partial charge on any atom is -0.495 e. The van der Waals surface area contributed by atoms with Gasteiger partial charge < -0.3 is 10.1 Å². The molecule has 0 spiro atoms. The van der Waals surface area contributed by atoms with E-state index in [2.05, 4.69) is 10.0 Å². The van der Waals surface area contributed by atoms with Crippen molar-refractivity contribution in [1.29, 1.82) is 0 Å². The summed E-state index contributed by atoms with van der Waals surface area (Å²) in [4.78, 5) is -0.0690. The highest BCUT2D eigenvalue weighted by atomic mass is 35.5. The van der Waals surface area contributed by atoms with E-state index in [1.54, 1.807) is 19.9 Å². The van der Waals surface area contributed by atoms with Crippen molar-refractivity contribution >= 4 is 43.0 Å². The number of nitrogens with one attached hydrogen (secondary N) is 2. The van der Waals surface area contributed by atoms with Crippen LogP contribution in [0.1, 0.15) is 27.2 Å². The lowest BCUT2D eigenvalue weighted by atomic mass is 10.2. The van der Waals surface area contributed by atoms with Gasteiger partial charge in [0.1, 0.15) is 5.75 Å². The summed E-state index contributed by atoms with van der Waals surface area (Å²) in [6, 6.07) is 8.45. The number of halogens is 1. The summed E-state index contributed by atoms with van der Waals surface area (Å²) in [5.74, 6) is 0.346. The zero-order chi connectivity index (χ0) is 23.2. The topological polar surface area (TPSA) is 105 Å². The summed E-state index contributed by atoms with van der Waals surface area (Å²) in [7, 11) is -6.37. The molecular weight excluding hydrogens is 462 g/mol. The first-order valence-corrected chi connectivity index (χ1v) is 13.1.